The molecule has 0 fully saturated rings. The van der Waals surface area contributed by atoms with E-state index < -0.39 is 10.1 Å². The first-order valence-corrected chi connectivity index (χ1v) is 12.7. The van der Waals surface area contributed by atoms with Crippen molar-refractivity contribution in [1.82, 2.24) is 0 Å². The predicted octanol–water partition coefficient (Wildman–Crippen LogP) is 5.29. The summed E-state index contributed by atoms with van der Waals surface area (Å²) in [4.78, 5) is -0.598. The summed E-state index contributed by atoms with van der Waals surface area (Å²) in [5.74, 6) is 0.543. The summed E-state index contributed by atoms with van der Waals surface area (Å²) < 4.78 is 44.1. The van der Waals surface area contributed by atoms with Gasteiger partial charge in [-0.25, -0.2) is 0 Å². The lowest BCUT2D eigenvalue weighted by atomic mass is 10.0. The molecule has 9 heteroatoms. The van der Waals surface area contributed by atoms with Gasteiger partial charge in [-0.05, 0) is 42.0 Å². The maximum atomic E-state index is 11.8. The zero-order chi connectivity index (χ0) is 21.4. The number of methoxy groups -OCH3 is 2. The first-order chi connectivity index (χ1) is 13.8. The fraction of sp³-hybridized carbons (Fsp3) is 0.400. The fourth-order valence-electron chi connectivity index (χ4n) is 3.06. The number of halogens is 2. The van der Waals surface area contributed by atoms with Crippen molar-refractivity contribution in [3.63, 3.8) is 0 Å². The molecule has 0 radical (unpaired) electrons. The quantitative estimate of drug-likeness (QED) is 0.205. The van der Waals surface area contributed by atoms with E-state index >= 15 is 0 Å². The average Bonchev–Trinajstić information content (AvgIpc) is 2.68. The smallest absolute Gasteiger partial charge is 0.298 e. The molecule has 0 aliphatic heterocycles. The zero-order valence-corrected chi connectivity index (χ0v) is 19.6. The molecule has 2 aromatic rings. The highest BCUT2D eigenvalue weighted by Gasteiger charge is 2.25. The molecule has 1 unspecified atom stereocenters. The number of unbranched alkanes of at least 4 members (excludes halogenated alkanes) is 2. The second kappa shape index (κ2) is 11.4. The van der Waals surface area contributed by atoms with Crippen molar-refractivity contribution < 1.29 is 22.4 Å². The van der Waals surface area contributed by atoms with E-state index in [1.54, 1.807) is 0 Å². The molecular formula is C20H25Cl2O5PS. The van der Waals surface area contributed by atoms with Gasteiger partial charge in [-0.1, -0.05) is 45.7 Å². The average molecular weight is 479 g/mol. The molecule has 0 amide bonds. The summed E-state index contributed by atoms with van der Waals surface area (Å²) >= 11 is 11.5. The van der Waals surface area contributed by atoms with E-state index in [1.165, 1.54) is 26.4 Å². The molecule has 0 aliphatic carbocycles. The first-order valence-electron chi connectivity index (χ1n) is 9.13. The summed E-state index contributed by atoms with van der Waals surface area (Å²) in [5.41, 5.74) is 1.34. The molecule has 0 aliphatic rings. The second-order valence-corrected chi connectivity index (χ2v) is 10.4. The molecule has 0 heterocycles. The fourth-order valence-corrected chi connectivity index (χ4v) is 5.33. The highest BCUT2D eigenvalue weighted by molar-refractivity contribution is 7.86. The van der Waals surface area contributed by atoms with E-state index in [1.807, 2.05) is 24.3 Å². The number of ether oxygens (including phenoxy) is 2. The Bertz CT molecular complexity index is 919. The van der Waals surface area contributed by atoms with Gasteiger partial charge in [0.25, 0.3) is 10.1 Å². The molecule has 1 N–H and O–H groups in total. The van der Waals surface area contributed by atoms with Crippen LogP contribution in [0.15, 0.2) is 41.3 Å². The van der Waals surface area contributed by atoms with E-state index in [0.29, 0.717) is 19.9 Å². The molecule has 2 rings (SSSR count). The van der Waals surface area contributed by atoms with Crippen LogP contribution < -0.4 is 14.8 Å². The summed E-state index contributed by atoms with van der Waals surface area (Å²) in [7, 11) is -1.04. The summed E-state index contributed by atoms with van der Waals surface area (Å²) in [6, 6.07) is 10.5. The van der Waals surface area contributed by atoms with Crippen molar-refractivity contribution in [3.05, 3.63) is 36.4 Å². The van der Waals surface area contributed by atoms with E-state index in [0.717, 1.165) is 42.7 Å². The van der Waals surface area contributed by atoms with Crippen molar-refractivity contribution in [1.29, 1.82) is 0 Å². The van der Waals surface area contributed by atoms with Crippen molar-refractivity contribution in [2.24, 2.45) is 0 Å². The molecule has 0 bridgehead atoms. The highest BCUT2D eigenvalue weighted by atomic mass is 35.5. The van der Waals surface area contributed by atoms with Crippen molar-refractivity contribution in [3.8, 4) is 22.6 Å². The lowest BCUT2D eigenvalue weighted by Gasteiger charge is -2.18. The summed E-state index contributed by atoms with van der Waals surface area (Å²) in [6.45, 7) is 0. The standard InChI is InChI=1S/C20H25Cl2O5PS/c1-26-15-11-12-17(29(23,24)25)20(27-2)19(15)14-8-5-6-9-16(14)28-13-7-3-4-10-18(21)22/h5-6,8-9,11-12,18,28H,3-4,7,10,13H2,1-2H3,(H,23,24,25). The maximum Gasteiger partial charge on any atom is 0.298 e. The molecule has 0 saturated heterocycles. The van der Waals surface area contributed by atoms with Crippen molar-refractivity contribution >= 4 is 47.2 Å². The van der Waals surface area contributed by atoms with Gasteiger partial charge in [0.2, 0.25) is 0 Å². The monoisotopic (exact) mass is 478 g/mol. The van der Waals surface area contributed by atoms with Crippen LogP contribution in [-0.2, 0) is 10.1 Å². The van der Waals surface area contributed by atoms with Crippen LogP contribution in [0.3, 0.4) is 0 Å². The van der Waals surface area contributed by atoms with E-state index in [2.05, 4.69) is 0 Å². The van der Waals surface area contributed by atoms with Crippen molar-refractivity contribution in [2.75, 3.05) is 20.4 Å². The second-order valence-electron chi connectivity index (χ2n) is 6.36. The van der Waals surface area contributed by atoms with Crippen LogP contribution in [0.25, 0.3) is 11.1 Å². The van der Waals surface area contributed by atoms with Crippen LogP contribution in [0, 0.1) is 0 Å². The third-order valence-corrected chi connectivity index (χ3v) is 7.13. The third-order valence-electron chi connectivity index (χ3n) is 4.40. The third kappa shape index (κ3) is 6.73. The predicted molar refractivity (Wildman–Crippen MR) is 122 cm³/mol. The van der Waals surface area contributed by atoms with Crippen LogP contribution >= 0.6 is 31.8 Å². The Balaban J connectivity index is 2.35. The van der Waals surface area contributed by atoms with Gasteiger partial charge < -0.3 is 9.47 Å². The lowest BCUT2D eigenvalue weighted by Crippen LogP contribution is -2.07. The molecule has 0 spiro atoms. The maximum absolute atomic E-state index is 11.8. The van der Waals surface area contributed by atoms with Gasteiger partial charge in [0.15, 0.2) is 5.75 Å². The molecule has 0 aromatic heterocycles. The van der Waals surface area contributed by atoms with Crippen LogP contribution in [0.4, 0.5) is 0 Å². The van der Waals surface area contributed by atoms with Gasteiger partial charge in [-0.3, -0.25) is 4.55 Å². The number of alkyl halides is 2. The van der Waals surface area contributed by atoms with Crippen LogP contribution in [0.2, 0.25) is 0 Å². The van der Waals surface area contributed by atoms with Gasteiger partial charge in [0.05, 0.1) is 19.8 Å². The van der Waals surface area contributed by atoms with Gasteiger partial charge >= 0.3 is 0 Å². The summed E-state index contributed by atoms with van der Waals surface area (Å²) in [5, 5.41) is 1.07. The molecule has 2 aromatic carbocycles. The molecule has 160 valence electrons. The minimum absolute atomic E-state index is 0.0689. The Hall–Kier alpha value is -1.04. The van der Waals surface area contributed by atoms with E-state index in [-0.39, 0.29) is 15.5 Å². The summed E-state index contributed by atoms with van der Waals surface area (Å²) in [6.07, 6.45) is 4.87. The Kier molecular flexibility index (Phi) is 9.51. The first kappa shape index (κ1) is 24.2. The number of hydrogen-bond acceptors (Lipinski definition) is 4. The SMILES string of the molecule is COc1ccc(S(=O)(=O)O)c(OC)c1-c1ccccc1PCCCCCC(Cl)Cl. The molecule has 29 heavy (non-hydrogen) atoms. The number of hydrogen-bond donors (Lipinski definition) is 1. The number of benzene rings is 2. The van der Waals surface area contributed by atoms with E-state index in [9.17, 15) is 13.0 Å². The minimum Gasteiger partial charge on any atom is -0.496 e. The Labute approximate surface area is 184 Å². The Morgan fingerprint density at radius 1 is 1.03 bits per heavy atom. The van der Waals surface area contributed by atoms with E-state index in [4.69, 9.17) is 32.7 Å². The van der Waals surface area contributed by atoms with Crippen LogP contribution in [0.1, 0.15) is 25.7 Å². The molecular weight excluding hydrogens is 454 g/mol. The minimum atomic E-state index is -4.45. The lowest BCUT2D eigenvalue weighted by molar-refractivity contribution is 0.386. The van der Waals surface area contributed by atoms with Crippen molar-refractivity contribution in [2.45, 2.75) is 35.4 Å². The Morgan fingerprint density at radius 2 is 1.76 bits per heavy atom. The highest BCUT2D eigenvalue weighted by Crippen LogP contribution is 2.43. The normalized spacial score (nSPS) is 12.1. The largest absolute Gasteiger partial charge is 0.496 e. The molecule has 0 saturated carbocycles. The zero-order valence-electron chi connectivity index (χ0n) is 16.3. The van der Waals surface area contributed by atoms with Crippen LogP contribution in [0.5, 0.6) is 11.5 Å². The van der Waals surface area contributed by atoms with Gasteiger partial charge in [0.1, 0.15) is 15.5 Å². The molecule has 1 atom stereocenters. The number of rotatable bonds is 11. The Morgan fingerprint density at radius 3 is 2.38 bits per heavy atom. The molecule has 5 nitrogen and oxygen atoms in total. The topological polar surface area (TPSA) is 72.8 Å². The van der Waals surface area contributed by atoms with Gasteiger partial charge in [-0.2, -0.15) is 8.42 Å². The van der Waals surface area contributed by atoms with Crippen LogP contribution in [-0.4, -0.2) is 38.2 Å². The van der Waals surface area contributed by atoms with Gasteiger partial charge in [0, 0.05) is 0 Å². The van der Waals surface area contributed by atoms with Gasteiger partial charge in [-0.15, -0.1) is 23.2 Å².